The number of nitrogens with one attached hydrogen (secondary N) is 1. The standard InChI is InChI=1S/C19H17Cl2NOS/c20-18-4-1-5-19(21)17(18)13-23-15-8-6-14(7-9-15)11-22-12-16-3-2-10-24-16/h1-10,22H,11-13H2. The van der Waals surface area contributed by atoms with E-state index in [-0.39, 0.29) is 0 Å². The minimum Gasteiger partial charge on any atom is -0.489 e. The van der Waals surface area contributed by atoms with Gasteiger partial charge in [0.1, 0.15) is 12.4 Å². The molecule has 3 rings (SSSR count). The summed E-state index contributed by atoms with van der Waals surface area (Å²) in [7, 11) is 0. The summed E-state index contributed by atoms with van der Waals surface area (Å²) in [6.07, 6.45) is 0. The maximum absolute atomic E-state index is 6.15. The van der Waals surface area contributed by atoms with Crippen LogP contribution in [0.5, 0.6) is 5.75 Å². The van der Waals surface area contributed by atoms with Gasteiger partial charge in [-0.05, 0) is 41.3 Å². The van der Waals surface area contributed by atoms with Gasteiger partial charge in [0.15, 0.2) is 0 Å². The number of benzene rings is 2. The van der Waals surface area contributed by atoms with Crippen molar-refractivity contribution in [3.8, 4) is 5.75 Å². The molecular weight excluding hydrogens is 361 g/mol. The summed E-state index contributed by atoms with van der Waals surface area (Å²) in [5, 5.41) is 6.77. The largest absolute Gasteiger partial charge is 0.489 e. The van der Waals surface area contributed by atoms with Gasteiger partial charge in [0.05, 0.1) is 0 Å². The Labute approximate surface area is 156 Å². The Morgan fingerprint density at radius 2 is 1.62 bits per heavy atom. The second-order valence-electron chi connectivity index (χ2n) is 5.32. The Kier molecular flexibility index (Phi) is 6.16. The van der Waals surface area contributed by atoms with Gasteiger partial charge in [-0.1, -0.05) is 47.5 Å². The van der Waals surface area contributed by atoms with E-state index in [1.807, 2.05) is 30.3 Å². The van der Waals surface area contributed by atoms with Gasteiger partial charge in [-0.3, -0.25) is 0 Å². The molecule has 0 bridgehead atoms. The molecule has 2 aromatic carbocycles. The second kappa shape index (κ2) is 8.54. The van der Waals surface area contributed by atoms with Crippen LogP contribution < -0.4 is 10.1 Å². The summed E-state index contributed by atoms with van der Waals surface area (Å²) in [6, 6.07) is 17.7. The molecular formula is C19H17Cl2NOS. The summed E-state index contributed by atoms with van der Waals surface area (Å²) in [4.78, 5) is 1.34. The maximum Gasteiger partial charge on any atom is 0.119 e. The van der Waals surface area contributed by atoms with Gasteiger partial charge in [-0.2, -0.15) is 0 Å². The Morgan fingerprint density at radius 1 is 0.875 bits per heavy atom. The highest BCUT2D eigenvalue weighted by molar-refractivity contribution is 7.09. The monoisotopic (exact) mass is 377 g/mol. The Balaban J connectivity index is 1.51. The number of ether oxygens (including phenoxy) is 1. The fourth-order valence-electron chi connectivity index (χ4n) is 2.27. The molecule has 0 amide bonds. The van der Waals surface area contributed by atoms with Gasteiger partial charge in [0.2, 0.25) is 0 Å². The SMILES string of the molecule is Clc1cccc(Cl)c1COc1ccc(CNCc2cccs2)cc1. The Bertz CT molecular complexity index is 752. The molecule has 0 aliphatic rings. The second-order valence-corrected chi connectivity index (χ2v) is 7.16. The first-order valence-electron chi connectivity index (χ1n) is 7.60. The summed E-state index contributed by atoms with van der Waals surface area (Å²) < 4.78 is 5.78. The van der Waals surface area contributed by atoms with Crippen molar-refractivity contribution < 1.29 is 4.74 Å². The van der Waals surface area contributed by atoms with Crippen LogP contribution in [0.1, 0.15) is 16.0 Å². The number of halogens is 2. The molecule has 0 saturated heterocycles. The van der Waals surface area contributed by atoms with Gasteiger partial charge in [0.25, 0.3) is 0 Å². The summed E-state index contributed by atoms with van der Waals surface area (Å²) in [6.45, 7) is 2.07. The summed E-state index contributed by atoms with van der Waals surface area (Å²) >= 11 is 14.1. The van der Waals surface area contributed by atoms with Crippen molar-refractivity contribution >= 4 is 34.5 Å². The first-order valence-corrected chi connectivity index (χ1v) is 9.23. The number of rotatable bonds is 7. The molecule has 0 aliphatic carbocycles. The maximum atomic E-state index is 6.15. The first kappa shape index (κ1) is 17.3. The van der Waals surface area contributed by atoms with Gasteiger partial charge < -0.3 is 10.1 Å². The lowest BCUT2D eigenvalue weighted by molar-refractivity contribution is 0.306. The molecule has 1 heterocycles. The average Bonchev–Trinajstić information content (AvgIpc) is 3.09. The molecule has 0 atom stereocenters. The molecule has 0 fully saturated rings. The number of thiophene rings is 1. The molecule has 1 aromatic heterocycles. The van der Waals surface area contributed by atoms with Crippen LogP contribution in [0.15, 0.2) is 60.0 Å². The van der Waals surface area contributed by atoms with Gasteiger partial charge >= 0.3 is 0 Å². The van der Waals surface area contributed by atoms with Gasteiger partial charge in [-0.25, -0.2) is 0 Å². The zero-order valence-electron chi connectivity index (χ0n) is 13.0. The lowest BCUT2D eigenvalue weighted by atomic mass is 10.2. The van der Waals surface area contributed by atoms with E-state index in [0.717, 1.165) is 24.4 Å². The van der Waals surface area contributed by atoms with Crippen LogP contribution in [0.4, 0.5) is 0 Å². The minimum atomic E-state index is 0.356. The predicted molar refractivity (Wildman–Crippen MR) is 102 cm³/mol. The fraction of sp³-hybridized carbons (Fsp3) is 0.158. The van der Waals surface area contributed by atoms with E-state index in [4.69, 9.17) is 27.9 Å². The highest BCUT2D eigenvalue weighted by atomic mass is 35.5. The summed E-state index contributed by atoms with van der Waals surface area (Å²) in [5.74, 6) is 0.799. The lowest BCUT2D eigenvalue weighted by Crippen LogP contribution is -2.11. The van der Waals surface area contributed by atoms with E-state index < -0.39 is 0 Å². The smallest absolute Gasteiger partial charge is 0.119 e. The molecule has 3 aromatic rings. The fourth-order valence-corrected chi connectivity index (χ4v) is 3.45. The van der Waals surface area contributed by atoms with E-state index in [9.17, 15) is 0 Å². The zero-order valence-corrected chi connectivity index (χ0v) is 15.3. The van der Waals surface area contributed by atoms with E-state index in [2.05, 4.69) is 35.0 Å². The van der Waals surface area contributed by atoms with Crippen LogP contribution in [0.2, 0.25) is 10.0 Å². The van der Waals surface area contributed by atoms with Crippen molar-refractivity contribution in [3.63, 3.8) is 0 Å². The molecule has 24 heavy (non-hydrogen) atoms. The van der Waals surface area contributed by atoms with Crippen molar-refractivity contribution in [1.29, 1.82) is 0 Å². The van der Waals surface area contributed by atoms with E-state index >= 15 is 0 Å². The minimum absolute atomic E-state index is 0.356. The van der Waals surface area contributed by atoms with Crippen molar-refractivity contribution in [2.75, 3.05) is 0 Å². The van der Waals surface area contributed by atoms with Crippen molar-refractivity contribution in [2.24, 2.45) is 0 Å². The normalized spacial score (nSPS) is 10.8. The third kappa shape index (κ3) is 4.74. The topological polar surface area (TPSA) is 21.3 Å². The molecule has 0 unspecified atom stereocenters. The molecule has 2 nitrogen and oxygen atoms in total. The Morgan fingerprint density at radius 3 is 2.29 bits per heavy atom. The van der Waals surface area contributed by atoms with E-state index in [1.54, 1.807) is 11.3 Å². The average molecular weight is 378 g/mol. The third-order valence-electron chi connectivity index (χ3n) is 3.58. The van der Waals surface area contributed by atoms with Crippen LogP contribution >= 0.6 is 34.5 Å². The third-order valence-corrected chi connectivity index (χ3v) is 5.16. The molecule has 0 saturated carbocycles. The van der Waals surface area contributed by atoms with E-state index in [1.165, 1.54) is 10.4 Å². The first-order chi connectivity index (χ1) is 11.7. The van der Waals surface area contributed by atoms with Crippen LogP contribution in [-0.2, 0) is 19.7 Å². The van der Waals surface area contributed by atoms with Crippen molar-refractivity contribution in [3.05, 3.63) is 86.0 Å². The predicted octanol–water partition coefficient (Wildman–Crippen LogP) is 5.92. The highest BCUT2D eigenvalue weighted by Crippen LogP contribution is 2.26. The van der Waals surface area contributed by atoms with Crippen LogP contribution in [0, 0.1) is 0 Å². The lowest BCUT2D eigenvalue weighted by Gasteiger charge is -2.10. The van der Waals surface area contributed by atoms with Crippen molar-refractivity contribution in [2.45, 2.75) is 19.7 Å². The van der Waals surface area contributed by atoms with Crippen LogP contribution in [-0.4, -0.2) is 0 Å². The molecule has 1 N–H and O–H groups in total. The quantitative estimate of drug-likeness (QED) is 0.551. The van der Waals surface area contributed by atoms with E-state index in [0.29, 0.717) is 16.7 Å². The molecule has 124 valence electrons. The van der Waals surface area contributed by atoms with Gasteiger partial charge in [-0.15, -0.1) is 11.3 Å². The molecule has 0 aliphatic heterocycles. The highest BCUT2D eigenvalue weighted by Gasteiger charge is 2.06. The Hall–Kier alpha value is -1.52. The number of hydrogen-bond donors (Lipinski definition) is 1. The molecule has 0 spiro atoms. The summed E-state index contributed by atoms with van der Waals surface area (Å²) in [5.41, 5.74) is 2.03. The van der Waals surface area contributed by atoms with Gasteiger partial charge in [0, 0.05) is 33.6 Å². The zero-order chi connectivity index (χ0) is 16.8. The molecule has 0 radical (unpaired) electrons. The number of hydrogen-bond acceptors (Lipinski definition) is 3. The van der Waals surface area contributed by atoms with Crippen molar-refractivity contribution in [1.82, 2.24) is 5.32 Å². The van der Waals surface area contributed by atoms with Crippen LogP contribution in [0.25, 0.3) is 0 Å². The van der Waals surface area contributed by atoms with Crippen LogP contribution in [0.3, 0.4) is 0 Å². The molecule has 5 heteroatoms.